The van der Waals surface area contributed by atoms with Crippen LogP contribution in [0.25, 0.3) is 0 Å². The van der Waals surface area contributed by atoms with Crippen molar-refractivity contribution in [3.8, 4) is 0 Å². The van der Waals surface area contributed by atoms with E-state index in [2.05, 4.69) is 5.32 Å². The van der Waals surface area contributed by atoms with Crippen LogP contribution in [-0.4, -0.2) is 41.6 Å². The van der Waals surface area contributed by atoms with Gasteiger partial charge in [0.05, 0.1) is 0 Å². The van der Waals surface area contributed by atoms with E-state index in [4.69, 9.17) is 4.74 Å². The summed E-state index contributed by atoms with van der Waals surface area (Å²) in [5.74, 6) is 0.356. The summed E-state index contributed by atoms with van der Waals surface area (Å²) >= 11 is 0. The highest BCUT2D eigenvalue weighted by Crippen LogP contribution is 2.26. The number of likely N-dealkylation sites (tertiary alicyclic amines) is 1. The fraction of sp³-hybridized carbons (Fsp3) is 0.833. The van der Waals surface area contributed by atoms with Gasteiger partial charge in [0.15, 0.2) is 0 Å². The highest BCUT2D eigenvalue weighted by atomic mass is 16.6. The Bertz CT molecular complexity index is 335. The third kappa shape index (κ3) is 2.90. The van der Waals surface area contributed by atoms with E-state index in [1.165, 1.54) is 0 Å². The number of hydrogen-bond donors (Lipinski definition) is 1. The molecule has 2 saturated heterocycles. The monoisotopic (exact) mass is 240 g/mol. The van der Waals surface area contributed by atoms with Crippen molar-refractivity contribution in [3.63, 3.8) is 0 Å². The number of carbonyl (C=O) groups excluding carboxylic acids is 2. The van der Waals surface area contributed by atoms with E-state index in [-0.39, 0.29) is 24.0 Å². The van der Waals surface area contributed by atoms with Crippen molar-refractivity contribution in [2.45, 2.75) is 45.3 Å². The van der Waals surface area contributed by atoms with Gasteiger partial charge in [0.25, 0.3) is 0 Å². The lowest BCUT2D eigenvalue weighted by atomic mass is 9.93. The first-order valence-electron chi connectivity index (χ1n) is 6.12. The number of ether oxygens (including phenoxy) is 1. The van der Waals surface area contributed by atoms with Gasteiger partial charge in [0, 0.05) is 31.5 Å². The van der Waals surface area contributed by atoms with E-state index < -0.39 is 5.60 Å². The van der Waals surface area contributed by atoms with Crippen LogP contribution in [0.3, 0.4) is 0 Å². The molecular formula is C12H20N2O3. The number of piperidine rings is 1. The Morgan fingerprint density at radius 3 is 2.82 bits per heavy atom. The molecule has 0 radical (unpaired) electrons. The number of amides is 2. The Hall–Kier alpha value is -1.26. The normalized spacial score (nSPS) is 28.6. The molecule has 0 aromatic rings. The summed E-state index contributed by atoms with van der Waals surface area (Å²) in [5, 5.41) is 2.95. The molecule has 96 valence electrons. The molecule has 2 aliphatic heterocycles. The Balaban J connectivity index is 1.92. The van der Waals surface area contributed by atoms with Crippen LogP contribution in [0.15, 0.2) is 0 Å². The van der Waals surface area contributed by atoms with Gasteiger partial charge in [0.1, 0.15) is 5.60 Å². The summed E-state index contributed by atoms with van der Waals surface area (Å²) in [6.07, 6.45) is 1.09. The molecule has 0 bridgehead atoms. The van der Waals surface area contributed by atoms with Gasteiger partial charge in [-0.2, -0.15) is 0 Å². The van der Waals surface area contributed by atoms with E-state index in [0.29, 0.717) is 19.5 Å². The lowest BCUT2D eigenvalue weighted by molar-refractivity contribution is -0.119. The molecule has 0 aromatic heterocycles. The maximum Gasteiger partial charge on any atom is 0.410 e. The molecule has 0 spiro atoms. The lowest BCUT2D eigenvalue weighted by Gasteiger charge is -2.35. The Morgan fingerprint density at radius 2 is 2.18 bits per heavy atom. The van der Waals surface area contributed by atoms with Gasteiger partial charge in [-0.3, -0.25) is 4.79 Å². The highest BCUT2D eigenvalue weighted by molar-refractivity contribution is 5.79. The van der Waals surface area contributed by atoms with Crippen molar-refractivity contribution < 1.29 is 14.3 Å². The summed E-state index contributed by atoms with van der Waals surface area (Å²) in [5.41, 5.74) is -0.461. The SMILES string of the molecule is CC(C)(C)OC(=O)N1CC[C@H]2NC(=O)C[C@@H]2C1. The van der Waals surface area contributed by atoms with E-state index in [1.54, 1.807) is 4.90 Å². The van der Waals surface area contributed by atoms with Crippen LogP contribution in [-0.2, 0) is 9.53 Å². The average Bonchev–Trinajstić information content (AvgIpc) is 2.53. The van der Waals surface area contributed by atoms with E-state index >= 15 is 0 Å². The first-order chi connectivity index (χ1) is 7.85. The van der Waals surface area contributed by atoms with Crippen LogP contribution in [0.4, 0.5) is 4.79 Å². The Labute approximate surface area is 101 Å². The molecular weight excluding hydrogens is 220 g/mol. The zero-order valence-corrected chi connectivity index (χ0v) is 10.7. The summed E-state index contributed by atoms with van der Waals surface area (Å²) in [6, 6.07) is 0.251. The van der Waals surface area contributed by atoms with E-state index in [9.17, 15) is 9.59 Å². The number of fused-ring (bicyclic) bond motifs is 1. The van der Waals surface area contributed by atoms with Gasteiger partial charge in [-0.05, 0) is 27.2 Å². The Kier molecular flexibility index (Phi) is 3.02. The minimum Gasteiger partial charge on any atom is -0.444 e. The van der Waals surface area contributed by atoms with Gasteiger partial charge in [-0.1, -0.05) is 0 Å². The fourth-order valence-corrected chi connectivity index (χ4v) is 2.43. The molecule has 0 saturated carbocycles. The molecule has 2 amide bonds. The number of carbonyl (C=O) groups is 2. The molecule has 17 heavy (non-hydrogen) atoms. The van der Waals surface area contributed by atoms with E-state index in [0.717, 1.165) is 6.42 Å². The van der Waals surface area contributed by atoms with Crippen molar-refractivity contribution in [1.29, 1.82) is 0 Å². The predicted octanol–water partition coefficient (Wildman–Crippen LogP) is 1.13. The standard InChI is InChI=1S/C12H20N2O3/c1-12(2,3)17-11(16)14-5-4-9-8(7-14)6-10(15)13-9/h8-9H,4-7H2,1-3H3,(H,13,15)/t8-,9-/m1/s1. The third-order valence-electron chi connectivity index (χ3n) is 3.18. The van der Waals surface area contributed by atoms with Crippen molar-refractivity contribution in [2.75, 3.05) is 13.1 Å². The van der Waals surface area contributed by atoms with Crippen molar-refractivity contribution >= 4 is 12.0 Å². The zero-order chi connectivity index (χ0) is 12.6. The quantitative estimate of drug-likeness (QED) is 0.690. The maximum absolute atomic E-state index is 11.9. The van der Waals surface area contributed by atoms with Crippen molar-refractivity contribution in [3.05, 3.63) is 0 Å². The van der Waals surface area contributed by atoms with Crippen molar-refractivity contribution in [1.82, 2.24) is 10.2 Å². The van der Waals surface area contributed by atoms with Gasteiger partial charge >= 0.3 is 6.09 Å². The molecule has 0 aliphatic carbocycles. The second-order valence-electron chi connectivity index (χ2n) is 5.85. The minimum absolute atomic E-state index is 0.103. The number of nitrogens with one attached hydrogen (secondary N) is 1. The molecule has 2 aliphatic rings. The first-order valence-corrected chi connectivity index (χ1v) is 6.12. The first kappa shape index (κ1) is 12.2. The van der Waals surface area contributed by atoms with Crippen LogP contribution in [0.2, 0.25) is 0 Å². The number of hydrogen-bond acceptors (Lipinski definition) is 3. The largest absolute Gasteiger partial charge is 0.444 e. The molecule has 2 heterocycles. The number of nitrogens with zero attached hydrogens (tertiary/aromatic N) is 1. The summed E-state index contributed by atoms with van der Waals surface area (Å²) in [4.78, 5) is 24.9. The van der Waals surface area contributed by atoms with Crippen LogP contribution < -0.4 is 5.32 Å². The van der Waals surface area contributed by atoms with Gasteiger partial charge < -0.3 is 15.0 Å². The van der Waals surface area contributed by atoms with Crippen LogP contribution >= 0.6 is 0 Å². The molecule has 2 rings (SSSR count). The predicted molar refractivity (Wildman–Crippen MR) is 62.5 cm³/mol. The van der Waals surface area contributed by atoms with Crippen LogP contribution in [0.5, 0.6) is 0 Å². The highest BCUT2D eigenvalue weighted by Gasteiger charge is 2.39. The smallest absolute Gasteiger partial charge is 0.410 e. The summed E-state index contributed by atoms with van der Waals surface area (Å²) < 4.78 is 5.33. The lowest BCUT2D eigenvalue weighted by Crippen LogP contribution is -2.48. The molecule has 0 unspecified atom stereocenters. The van der Waals surface area contributed by atoms with Crippen molar-refractivity contribution in [2.24, 2.45) is 5.92 Å². The molecule has 0 aromatic carbocycles. The summed E-state index contributed by atoms with van der Waals surface area (Å²) in [6.45, 7) is 6.86. The molecule has 1 N–H and O–H groups in total. The van der Waals surface area contributed by atoms with Gasteiger partial charge in [-0.15, -0.1) is 0 Å². The second kappa shape index (κ2) is 4.20. The molecule has 5 nitrogen and oxygen atoms in total. The molecule has 2 atom stereocenters. The van der Waals surface area contributed by atoms with Crippen LogP contribution in [0, 0.1) is 5.92 Å². The molecule has 2 fully saturated rings. The topological polar surface area (TPSA) is 58.6 Å². The summed E-state index contributed by atoms with van der Waals surface area (Å²) in [7, 11) is 0. The maximum atomic E-state index is 11.9. The second-order valence-corrected chi connectivity index (χ2v) is 5.85. The average molecular weight is 240 g/mol. The van der Waals surface area contributed by atoms with E-state index in [1.807, 2.05) is 20.8 Å². The Morgan fingerprint density at radius 1 is 1.47 bits per heavy atom. The van der Waals surface area contributed by atoms with Crippen LogP contribution in [0.1, 0.15) is 33.6 Å². The fourth-order valence-electron chi connectivity index (χ4n) is 2.43. The third-order valence-corrected chi connectivity index (χ3v) is 3.18. The molecule has 5 heteroatoms. The minimum atomic E-state index is -0.461. The van der Waals surface area contributed by atoms with Gasteiger partial charge in [0.2, 0.25) is 5.91 Å². The van der Waals surface area contributed by atoms with Gasteiger partial charge in [-0.25, -0.2) is 4.79 Å². The zero-order valence-electron chi connectivity index (χ0n) is 10.7. The number of rotatable bonds is 0.